The van der Waals surface area contributed by atoms with Crippen molar-refractivity contribution >= 4 is 23.1 Å². The first-order valence-electron chi connectivity index (χ1n) is 7.74. The number of methoxy groups -OCH3 is 1. The lowest BCUT2D eigenvalue weighted by Gasteiger charge is -2.10. The summed E-state index contributed by atoms with van der Waals surface area (Å²) in [5.41, 5.74) is 3.09. The van der Waals surface area contributed by atoms with E-state index in [4.69, 9.17) is 4.74 Å². The predicted octanol–water partition coefficient (Wildman–Crippen LogP) is 3.93. The Balaban J connectivity index is 1.76. The lowest BCUT2D eigenvalue weighted by atomic mass is 10.1. The van der Waals surface area contributed by atoms with E-state index in [2.05, 4.69) is 38.8 Å². The van der Waals surface area contributed by atoms with Crippen molar-refractivity contribution < 1.29 is 4.74 Å². The molecule has 0 aliphatic heterocycles. The Bertz CT molecular complexity index is 805. The number of rotatable bonds is 6. The summed E-state index contributed by atoms with van der Waals surface area (Å²) in [4.78, 5) is 4.45. The van der Waals surface area contributed by atoms with E-state index in [0.717, 1.165) is 23.5 Å². The summed E-state index contributed by atoms with van der Waals surface area (Å²) in [6.45, 7) is 2.11. The van der Waals surface area contributed by atoms with Gasteiger partial charge in [-0.15, -0.1) is 5.10 Å². The van der Waals surface area contributed by atoms with E-state index in [1.165, 1.54) is 5.56 Å². The van der Waals surface area contributed by atoms with Crippen molar-refractivity contribution in [2.24, 2.45) is 0 Å². The minimum Gasteiger partial charge on any atom is -0.497 e. The number of nitrogens with one attached hydrogen (secondary N) is 2. The Morgan fingerprint density at radius 1 is 1.00 bits per heavy atom. The molecule has 0 fully saturated rings. The highest BCUT2D eigenvalue weighted by Crippen LogP contribution is 2.21. The van der Waals surface area contributed by atoms with Gasteiger partial charge in [-0.25, -0.2) is 0 Å². The highest BCUT2D eigenvalue weighted by Gasteiger charge is 2.05. The number of nitrogens with zero attached hydrogens (tertiary/aromatic N) is 3. The van der Waals surface area contributed by atoms with E-state index in [1.54, 1.807) is 13.3 Å². The van der Waals surface area contributed by atoms with E-state index in [9.17, 15) is 0 Å². The minimum atomic E-state index is 0.453. The van der Waals surface area contributed by atoms with Gasteiger partial charge in [-0.3, -0.25) is 0 Å². The van der Waals surface area contributed by atoms with Gasteiger partial charge in [0.15, 0.2) is 5.82 Å². The van der Waals surface area contributed by atoms with Crippen molar-refractivity contribution in [1.29, 1.82) is 0 Å². The van der Waals surface area contributed by atoms with Crippen LogP contribution in [0, 0.1) is 0 Å². The third kappa shape index (κ3) is 3.78. The molecule has 0 aliphatic carbocycles. The van der Waals surface area contributed by atoms with Crippen LogP contribution in [-0.4, -0.2) is 22.3 Å². The molecule has 1 heterocycles. The number of ether oxygens (including phenoxy) is 1. The Labute approximate surface area is 140 Å². The molecule has 0 unspecified atom stereocenters. The Morgan fingerprint density at radius 3 is 2.54 bits per heavy atom. The van der Waals surface area contributed by atoms with Gasteiger partial charge in [-0.05, 0) is 42.3 Å². The summed E-state index contributed by atoms with van der Waals surface area (Å²) in [5, 5.41) is 14.5. The molecule has 0 bridgehead atoms. The summed E-state index contributed by atoms with van der Waals surface area (Å²) in [6, 6.07) is 15.7. The summed E-state index contributed by atoms with van der Waals surface area (Å²) in [6.07, 6.45) is 2.52. The van der Waals surface area contributed by atoms with Gasteiger partial charge in [0.2, 0.25) is 5.95 Å². The average Bonchev–Trinajstić information content (AvgIpc) is 2.63. The summed E-state index contributed by atoms with van der Waals surface area (Å²) in [5.74, 6) is 1.88. The number of hydrogen-bond acceptors (Lipinski definition) is 6. The standard InChI is InChI=1S/C18H19N5O/c1-3-13-6-4-5-7-16(13)21-18-22-17(12-19-23-18)20-14-8-10-15(24-2)11-9-14/h4-12H,3H2,1-2H3,(H2,20,21,22,23). The van der Waals surface area contributed by atoms with E-state index in [-0.39, 0.29) is 0 Å². The highest BCUT2D eigenvalue weighted by molar-refractivity contribution is 5.61. The van der Waals surface area contributed by atoms with Gasteiger partial charge < -0.3 is 15.4 Å². The maximum absolute atomic E-state index is 5.15. The van der Waals surface area contributed by atoms with Gasteiger partial charge in [0.05, 0.1) is 13.3 Å². The summed E-state index contributed by atoms with van der Waals surface area (Å²) in [7, 11) is 1.64. The quantitative estimate of drug-likeness (QED) is 0.717. The van der Waals surface area contributed by atoms with Crippen LogP contribution in [-0.2, 0) is 6.42 Å². The average molecular weight is 321 g/mol. The number of anilines is 4. The smallest absolute Gasteiger partial charge is 0.249 e. The van der Waals surface area contributed by atoms with Crippen LogP contribution in [0.3, 0.4) is 0 Å². The van der Waals surface area contributed by atoms with Crippen LogP contribution in [0.2, 0.25) is 0 Å². The van der Waals surface area contributed by atoms with Gasteiger partial charge >= 0.3 is 0 Å². The van der Waals surface area contributed by atoms with Gasteiger partial charge in [0.1, 0.15) is 5.75 Å². The van der Waals surface area contributed by atoms with Gasteiger partial charge in [0, 0.05) is 11.4 Å². The van der Waals surface area contributed by atoms with Gasteiger partial charge in [-0.1, -0.05) is 25.1 Å². The van der Waals surface area contributed by atoms with Crippen molar-refractivity contribution in [3.05, 3.63) is 60.3 Å². The summed E-state index contributed by atoms with van der Waals surface area (Å²) < 4.78 is 5.15. The lowest BCUT2D eigenvalue weighted by Crippen LogP contribution is -2.03. The van der Waals surface area contributed by atoms with Crippen LogP contribution in [0.1, 0.15) is 12.5 Å². The molecule has 0 aliphatic rings. The van der Waals surface area contributed by atoms with E-state index < -0.39 is 0 Å². The largest absolute Gasteiger partial charge is 0.497 e. The Kier molecular flexibility index (Phi) is 4.86. The molecule has 1 aromatic heterocycles. The highest BCUT2D eigenvalue weighted by atomic mass is 16.5. The van der Waals surface area contributed by atoms with Crippen LogP contribution in [0.15, 0.2) is 54.7 Å². The normalized spacial score (nSPS) is 10.2. The number of benzene rings is 2. The second kappa shape index (κ2) is 7.41. The van der Waals surface area contributed by atoms with Crippen LogP contribution in [0.25, 0.3) is 0 Å². The van der Waals surface area contributed by atoms with Crippen LogP contribution < -0.4 is 15.4 Å². The van der Waals surface area contributed by atoms with Crippen LogP contribution in [0.5, 0.6) is 5.75 Å². The molecule has 2 aromatic carbocycles. The zero-order valence-corrected chi connectivity index (χ0v) is 13.7. The molecule has 3 aromatic rings. The molecule has 0 amide bonds. The molecule has 122 valence electrons. The second-order valence-electron chi connectivity index (χ2n) is 5.15. The number of aryl methyl sites for hydroxylation is 1. The van der Waals surface area contributed by atoms with Crippen molar-refractivity contribution in [3.8, 4) is 5.75 Å². The number of aromatic nitrogens is 3. The zero-order chi connectivity index (χ0) is 16.8. The molecule has 0 radical (unpaired) electrons. The van der Waals surface area contributed by atoms with Crippen LogP contribution >= 0.6 is 0 Å². The fourth-order valence-corrected chi connectivity index (χ4v) is 2.31. The fraction of sp³-hybridized carbons (Fsp3) is 0.167. The third-order valence-corrected chi connectivity index (χ3v) is 3.57. The molecule has 6 heteroatoms. The molecule has 0 atom stereocenters. The first-order valence-corrected chi connectivity index (χ1v) is 7.74. The molecule has 2 N–H and O–H groups in total. The van der Waals surface area contributed by atoms with Crippen molar-refractivity contribution in [1.82, 2.24) is 15.2 Å². The zero-order valence-electron chi connectivity index (χ0n) is 13.7. The molecule has 0 spiro atoms. The molecule has 0 saturated carbocycles. The first-order chi connectivity index (χ1) is 11.8. The topological polar surface area (TPSA) is 72.0 Å². The van der Waals surface area contributed by atoms with E-state index in [0.29, 0.717) is 11.8 Å². The van der Waals surface area contributed by atoms with Crippen molar-refractivity contribution in [2.45, 2.75) is 13.3 Å². The Hall–Kier alpha value is -3.15. The van der Waals surface area contributed by atoms with Crippen LogP contribution in [0.4, 0.5) is 23.1 Å². The molecular formula is C18H19N5O. The maximum atomic E-state index is 5.15. The first kappa shape index (κ1) is 15.7. The van der Waals surface area contributed by atoms with E-state index in [1.807, 2.05) is 42.5 Å². The summed E-state index contributed by atoms with van der Waals surface area (Å²) >= 11 is 0. The van der Waals surface area contributed by atoms with E-state index >= 15 is 0 Å². The third-order valence-electron chi connectivity index (χ3n) is 3.57. The van der Waals surface area contributed by atoms with Gasteiger partial charge in [-0.2, -0.15) is 10.1 Å². The fourth-order valence-electron chi connectivity index (χ4n) is 2.31. The number of hydrogen-bond donors (Lipinski definition) is 2. The SMILES string of the molecule is CCc1ccccc1Nc1nncc(Nc2ccc(OC)cc2)n1. The van der Waals surface area contributed by atoms with Crippen molar-refractivity contribution in [2.75, 3.05) is 17.7 Å². The molecular weight excluding hydrogens is 302 g/mol. The Morgan fingerprint density at radius 2 is 1.79 bits per heavy atom. The molecule has 6 nitrogen and oxygen atoms in total. The van der Waals surface area contributed by atoms with Crippen molar-refractivity contribution in [3.63, 3.8) is 0 Å². The second-order valence-corrected chi connectivity index (χ2v) is 5.15. The molecule has 0 saturated heterocycles. The number of para-hydroxylation sites is 1. The van der Waals surface area contributed by atoms with Gasteiger partial charge in [0.25, 0.3) is 0 Å². The monoisotopic (exact) mass is 321 g/mol. The molecule has 24 heavy (non-hydrogen) atoms. The maximum Gasteiger partial charge on any atom is 0.249 e. The molecule has 3 rings (SSSR count). The lowest BCUT2D eigenvalue weighted by molar-refractivity contribution is 0.415. The predicted molar refractivity (Wildman–Crippen MR) is 95.2 cm³/mol. The minimum absolute atomic E-state index is 0.453.